The first-order valence-electron chi connectivity index (χ1n) is 5.38. The summed E-state index contributed by atoms with van der Waals surface area (Å²) in [6.07, 6.45) is 0. The maximum Gasteiger partial charge on any atom is 0.313 e. The Hall–Kier alpha value is -1.28. The van der Waals surface area contributed by atoms with Gasteiger partial charge in [-0.15, -0.1) is 10.2 Å². The highest BCUT2D eigenvalue weighted by Crippen LogP contribution is 2.29. The van der Waals surface area contributed by atoms with Gasteiger partial charge in [-0.1, -0.05) is 35.0 Å². The van der Waals surface area contributed by atoms with E-state index in [0.717, 1.165) is 11.8 Å². The molecule has 9 heteroatoms. The SMILES string of the molecule is O=C(O)CSc1nnc(CO)n1-c1cc(Cl)ccc1Cl. The minimum Gasteiger partial charge on any atom is -0.481 e. The Bertz CT molecular complexity index is 648. The zero-order chi connectivity index (χ0) is 14.7. The van der Waals surface area contributed by atoms with Gasteiger partial charge in [-0.25, -0.2) is 0 Å². The van der Waals surface area contributed by atoms with E-state index in [1.54, 1.807) is 18.2 Å². The molecule has 1 heterocycles. The predicted molar refractivity (Wildman–Crippen MR) is 75.7 cm³/mol. The maximum atomic E-state index is 10.6. The number of carbonyl (C=O) groups is 1. The second-order valence-electron chi connectivity index (χ2n) is 3.67. The summed E-state index contributed by atoms with van der Waals surface area (Å²) < 4.78 is 1.49. The molecule has 2 rings (SSSR count). The largest absolute Gasteiger partial charge is 0.481 e. The molecule has 0 bridgehead atoms. The Morgan fingerprint density at radius 2 is 2.10 bits per heavy atom. The van der Waals surface area contributed by atoms with E-state index in [1.165, 1.54) is 4.57 Å². The van der Waals surface area contributed by atoms with Crippen LogP contribution in [-0.2, 0) is 11.4 Å². The molecule has 0 aliphatic rings. The van der Waals surface area contributed by atoms with Crippen LogP contribution >= 0.6 is 35.0 Å². The molecular formula is C11H9Cl2N3O3S. The van der Waals surface area contributed by atoms with E-state index in [-0.39, 0.29) is 18.2 Å². The molecule has 6 nitrogen and oxygen atoms in total. The summed E-state index contributed by atoms with van der Waals surface area (Å²) in [5.41, 5.74) is 0.487. The molecule has 0 aliphatic carbocycles. The van der Waals surface area contributed by atoms with Crippen molar-refractivity contribution in [1.82, 2.24) is 14.8 Å². The zero-order valence-corrected chi connectivity index (χ0v) is 12.3. The number of carboxylic acids is 1. The fourth-order valence-electron chi connectivity index (χ4n) is 1.52. The van der Waals surface area contributed by atoms with Crippen LogP contribution in [0.3, 0.4) is 0 Å². The first kappa shape index (κ1) is 15.1. The number of hydrogen-bond donors (Lipinski definition) is 2. The molecule has 0 aliphatic heterocycles. The van der Waals surface area contributed by atoms with Gasteiger partial charge in [0.2, 0.25) is 0 Å². The lowest BCUT2D eigenvalue weighted by atomic mass is 10.3. The Morgan fingerprint density at radius 1 is 1.35 bits per heavy atom. The second-order valence-corrected chi connectivity index (χ2v) is 5.46. The van der Waals surface area contributed by atoms with Crippen molar-refractivity contribution in [2.45, 2.75) is 11.8 Å². The molecule has 0 saturated carbocycles. The summed E-state index contributed by atoms with van der Waals surface area (Å²) >= 11 is 13.0. The molecule has 0 atom stereocenters. The second kappa shape index (κ2) is 6.45. The molecule has 20 heavy (non-hydrogen) atoms. The van der Waals surface area contributed by atoms with E-state index in [0.29, 0.717) is 20.9 Å². The predicted octanol–water partition coefficient (Wildman–Crippen LogP) is 2.24. The van der Waals surface area contributed by atoms with Crippen molar-refractivity contribution < 1.29 is 15.0 Å². The summed E-state index contributed by atoms with van der Waals surface area (Å²) in [4.78, 5) is 10.6. The average molecular weight is 334 g/mol. The highest BCUT2D eigenvalue weighted by atomic mass is 35.5. The minimum absolute atomic E-state index is 0.179. The number of aliphatic carboxylic acids is 1. The van der Waals surface area contributed by atoms with Crippen LogP contribution < -0.4 is 0 Å². The van der Waals surface area contributed by atoms with E-state index in [9.17, 15) is 9.90 Å². The smallest absolute Gasteiger partial charge is 0.313 e. The molecule has 1 aromatic heterocycles. The number of aromatic nitrogens is 3. The Morgan fingerprint density at radius 3 is 2.75 bits per heavy atom. The molecule has 0 fully saturated rings. The summed E-state index contributed by atoms with van der Waals surface area (Å²) in [5, 5.41) is 26.9. The lowest BCUT2D eigenvalue weighted by molar-refractivity contribution is -0.133. The molecule has 2 N–H and O–H groups in total. The minimum atomic E-state index is -0.979. The van der Waals surface area contributed by atoms with Crippen molar-refractivity contribution in [3.8, 4) is 5.69 Å². The van der Waals surface area contributed by atoms with E-state index in [2.05, 4.69) is 10.2 Å². The molecule has 1 aromatic carbocycles. The summed E-state index contributed by atoms with van der Waals surface area (Å²) in [6.45, 7) is -0.358. The number of nitrogens with zero attached hydrogens (tertiary/aromatic N) is 3. The molecule has 0 amide bonds. The zero-order valence-electron chi connectivity index (χ0n) is 9.95. The van der Waals surface area contributed by atoms with Crippen molar-refractivity contribution in [2.75, 3.05) is 5.75 Å². The van der Waals surface area contributed by atoms with Crippen LogP contribution in [0.5, 0.6) is 0 Å². The van der Waals surface area contributed by atoms with Gasteiger partial charge in [0.25, 0.3) is 0 Å². The summed E-state index contributed by atoms with van der Waals surface area (Å²) in [6, 6.07) is 4.82. The van der Waals surface area contributed by atoms with Crippen molar-refractivity contribution in [3.63, 3.8) is 0 Å². The highest BCUT2D eigenvalue weighted by Gasteiger charge is 2.17. The summed E-state index contributed by atoms with van der Waals surface area (Å²) in [5.74, 6) is -0.906. The van der Waals surface area contributed by atoms with Gasteiger partial charge >= 0.3 is 5.97 Å². The number of halogens is 2. The van der Waals surface area contributed by atoms with E-state index in [4.69, 9.17) is 28.3 Å². The normalized spacial score (nSPS) is 10.8. The Kier molecular flexibility index (Phi) is 4.87. The van der Waals surface area contributed by atoms with Gasteiger partial charge in [0.1, 0.15) is 6.61 Å². The highest BCUT2D eigenvalue weighted by molar-refractivity contribution is 7.99. The van der Waals surface area contributed by atoms with E-state index < -0.39 is 5.97 Å². The van der Waals surface area contributed by atoms with Crippen LogP contribution in [-0.4, -0.2) is 36.7 Å². The third-order valence-corrected chi connectivity index (χ3v) is 3.78. The maximum absolute atomic E-state index is 10.6. The lowest BCUT2D eigenvalue weighted by Gasteiger charge is -2.10. The van der Waals surface area contributed by atoms with Crippen LogP contribution in [0.4, 0.5) is 0 Å². The molecule has 0 radical (unpaired) electrons. The number of rotatable bonds is 5. The van der Waals surface area contributed by atoms with Crippen LogP contribution in [0.25, 0.3) is 5.69 Å². The fourth-order valence-corrected chi connectivity index (χ4v) is 2.57. The first-order chi connectivity index (χ1) is 9.52. The lowest BCUT2D eigenvalue weighted by Crippen LogP contribution is -2.05. The standard InChI is InChI=1S/C11H9Cl2N3O3S/c12-6-1-2-7(13)8(3-6)16-9(4-17)14-15-11(16)20-5-10(18)19/h1-3,17H,4-5H2,(H,18,19). The number of hydrogen-bond acceptors (Lipinski definition) is 5. The van der Waals surface area contributed by atoms with Gasteiger partial charge in [-0.2, -0.15) is 0 Å². The van der Waals surface area contributed by atoms with E-state index >= 15 is 0 Å². The third-order valence-electron chi connectivity index (χ3n) is 2.32. The number of aliphatic hydroxyl groups excluding tert-OH is 1. The number of aliphatic hydroxyl groups is 1. The summed E-state index contributed by atoms with van der Waals surface area (Å²) in [7, 11) is 0. The monoisotopic (exact) mass is 333 g/mol. The van der Waals surface area contributed by atoms with Gasteiger partial charge < -0.3 is 10.2 Å². The van der Waals surface area contributed by atoms with Crippen molar-refractivity contribution in [3.05, 3.63) is 34.1 Å². The molecule has 0 unspecified atom stereocenters. The van der Waals surface area contributed by atoms with Gasteiger partial charge in [0, 0.05) is 5.02 Å². The molecule has 0 saturated heterocycles. The number of benzene rings is 1. The van der Waals surface area contributed by atoms with Gasteiger partial charge in [0.15, 0.2) is 11.0 Å². The molecular weight excluding hydrogens is 325 g/mol. The quantitative estimate of drug-likeness (QED) is 0.816. The number of thioether (sulfide) groups is 1. The van der Waals surface area contributed by atoms with Gasteiger partial charge in [-0.05, 0) is 18.2 Å². The fraction of sp³-hybridized carbons (Fsp3) is 0.182. The van der Waals surface area contributed by atoms with Crippen LogP contribution in [0.2, 0.25) is 10.0 Å². The average Bonchev–Trinajstić information content (AvgIpc) is 2.82. The van der Waals surface area contributed by atoms with Crippen molar-refractivity contribution >= 4 is 40.9 Å². The van der Waals surface area contributed by atoms with Crippen LogP contribution in [0.15, 0.2) is 23.4 Å². The molecule has 0 spiro atoms. The Labute approximate surface area is 128 Å². The molecule has 2 aromatic rings. The third kappa shape index (κ3) is 3.24. The van der Waals surface area contributed by atoms with Gasteiger partial charge in [0.05, 0.1) is 16.5 Å². The van der Waals surface area contributed by atoms with E-state index in [1.807, 2.05) is 0 Å². The van der Waals surface area contributed by atoms with Crippen LogP contribution in [0.1, 0.15) is 5.82 Å². The van der Waals surface area contributed by atoms with Gasteiger partial charge in [-0.3, -0.25) is 9.36 Å². The van der Waals surface area contributed by atoms with Crippen LogP contribution in [0, 0.1) is 0 Å². The number of carboxylic acid groups (broad SMARTS) is 1. The van der Waals surface area contributed by atoms with Crippen molar-refractivity contribution in [2.24, 2.45) is 0 Å². The van der Waals surface area contributed by atoms with Crippen molar-refractivity contribution in [1.29, 1.82) is 0 Å². The first-order valence-corrected chi connectivity index (χ1v) is 7.12. The Balaban J connectivity index is 2.50. The molecule has 106 valence electrons. The topological polar surface area (TPSA) is 88.2 Å².